The molecule has 0 fully saturated rings. The van der Waals surface area contributed by atoms with Crippen molar-refractivity contribution in [1.29, 1.82) is 0 Å². The molecule has 0 rings (SSSR count). The van der Waals surface area contributed by atoms with Crippen molar-refractivity contribution in [3.63, 3.8) is 0 Å². The quantitative estimate of drug-likeness (QED) is 0.0648. The zero-order chi connectivity index (χ0) is 31.2. The van der Waals surface area contributed by atoms with E-state index in [-0.39, 0.29) is 6.10 Å². The monoisotopic (exact) mass is 611 g/mol. The van der Waals surface area contributed by atoms with E-state index >= 15 is 0 Å². The minimum Gasteiger partial charge on any atom is -0.382 e. The molecule has 0 heterocycles. The van der Waals surface area contributed by atoms with Crippen LogP contribution >= 0.6 is 0 Å². The summed E-state index contributed by atoms with van der Waals surface area (Å²) in [6.45, 7) is 7.61. The van der Waals surface area contributed by atoms with Crippen molar-refractivity contribution in [1.82, 2.24) is 0 Å². The van der Waals surface area contributed by atoms with Crippen LogP contribution in [0.3, 0.4) is 0 Å². The Labute approximate surface area is 272 Å². The van der Waals surface area contributed by atoms with E-state index in [9.17, 15) is 0 Å². The topological polar surface area (TPSA) is 27.7 Å². The predicted octanol–water partition coefficient (Wildman–Crippen LogP) is 13.6. The molecule has 0 aromatic rings. The second-order valence-corrected chi connectivity index (χ2v) is 13.6. The van der Waals surface area contributed by atoms with Gasteiger partial charge >= 0.3 is 0 Å². The predicted molar refractivity (Wildman–Crippen MR) is 192 cm³/mol. The van der Waals surface area contributed by atoms with Crippen molar-refractivity contribution < 1.29 is 14.2 Å². The molecule has 0 spiro atoms. The minimum atomic E-state index is 0.0856. The average molecular weight is 611 g/mol. The summed E-state index contributed by atoms with van der Waals surface area (Å²) in [7, 11) is 1.76. The molecule has 0 aromatic heterocycles. The highest BCUT2D eigenvalue weighted by atomic mass is 16.6. The van der Waals surface area contributed by atoms with Crippen LogP contribution in [0.2, 0.25) is 0 Å². The third-order valence-corrected chi connectivity index (χ3v) is 9.15. The van der Waals surface area contributed by atoms with Gasteiger partial charge in [-0.3, -0.25) is 0 Å². The maximum atomic E-state index is 6.08. The number of hydrogen-bond donors (Lipinski definition) is 0. The Morgan fingerprint density at radius 3 is 0.907 bits per heavy atom. The fourth-order valence-corrected chi connectivity index (χ4v) is 6.20. The van der Waals surface area contributed by atoms with Crippen molar-refractivity contribution >= 4 is 0 Å². The summed E-state index contributed by atoms with van der Waals surface area (Å²) in [4.78, 5) is 0. The van der Waals surface area contributed by atoms with Crippen LogP contribution in [-0.4, -0.2) is 39.6 Å². The highest BCUT2D eigenvalue weighted by Gasteiger charge is 2.09. The smallest absolute Gasteiger partial charge is 0.104 e. The van der Waals surface area contributed by atoms with E-state index in [0.29, 0.717) is 13.2 Å². The third kappa shape index (κ3) is 38.0. The van der Waals surface area contributed by atoms with Gasteiger partial charge in [0.25, 0.3) is 0 Å². The van der Waals surface area contributed by atoms with Gasteiger partial charge in [-0.15, -0.1) is 0 Å². The van der Waals surface area contributed by atoms with Gasteiger partial charge in [0.2, 0.25) is 0 Å². The van der Waals surface area contributed by atoms with Crippen LogP contribution in [-0.2, 0) is 14.2 Å². The first-order valence-electron chi connectivity index (χ1n) is 20.0. The van der Waals surface area contributed by atoms with Crippen LogP contribution in [0.25, 0.3) is 0 Å². The standard InChI is InChI=1S/C40H82O3/c1-4-6-8-10-12-14-16-18-20-22-24-26-28-30-32-34-36-42-39-40(38-41-3)43-37-35-33-31-29-27-25-23-21-19-17-15-13-11-9-7-5-2/h40H,4-39H2,1-3H3. The molecule has 0 saturated carbocycles. The highest BCUT2D eigenvalue weighted by molar-refractivity contribution is 4.57. The summed E-state index contributed by atoms with van der Waals surface area (Å²) in [6, 6.07) is 0. The Bertz CT molecular complexity index is 469. The molecular formula is C40H82O3. The molecule has 43 heavy (non-hydrogen) atoms. The molecule has 260 valence electrons. The summed E-state index contributed by atoms with van der Waals surface area (Å²) >= 11 is 0. The number of unbranched alkanes of at least 4 members (excludes halogenated alkanes) is 30. The van der Waals surface area contributed by atoms with E-state index in [2.05, 4.69) is 13.8 Å². The highest BCUT2D eigenvalue weighted by Crippen LogP contribution is 2.15. The maximum Gasteiger partial charge on any atom is 0.104 e. The van der Waals surface area contributed by atoms with Crippen LogP contribution in [0.5, 0.6) is 0 Å². The van der Waals surface area contributed by atoms with Gasteiger partial charge in [0.05, 0.1) is 13.2 Å². The summed E-state index contributed by atoms with van der Waals surface area (Å²) in [5.41, 5.74) is 0. The zero-order valence-corrected chi connectivity index (χ0v) is 30.3. The summed E-state index contributed by atoms with van der Waals surface area (Å²) in [6.07, 6.45) is 45.1. The fraction of sp³-hybridized carbons (Fsp3) is 1.00. The molecule has 0 N–H and O–H groups in total. The van der Waals surface area contributed by atoms with Crippen molar-refractivity contribution in [2.45, 2.75) is 225 Å². The molecule has 0 amide bonds. The number of ether oxygens (including phenoxy) is 3. The van der Waals surface area contributed by atoms with Gasteiger partial charge in [-0.05, 0) is 12.8 Å². The lowest BCUT2D eigenvalue weighted by Crippen LogP contribution is -2.26. The van der Waals surface area contributed by atoms with E-state index in [1.54, 1.807) is 7.11 Å². The van der Waals surface area contributed by atoms with Gasteiger partial charge in [0.1, 0.15) is 6.10 Å². The van der Waals surface area contributed by atoms with Gasteiger partial charge < -0.3 is 14.2 Å². The Kier molecular flexibility index (Phi) is 39.8. The Hall–Kier alpha value is -0.120. The normalized spacial score (nSPS) is 12.3. The Morgan fingerprint density at radius 2 is 0.605 bits per heavy atom. The lowest BCUT2D eigenvalue weighted by molar-refractivity contribution is -0.0525. The summed E-state index contributed by atoms with van der Waals surface area (Å²) < 4.78 is 17.4. The van der Waals surface area contributed by atoms with E-state index < -0.39 is 0 Å². The minimum absolute atomic E-state index is 0.0856. The molecule has 0 aliphatic rings. The second kappa shape index (κ2) is 39.9. The molecule has 1 unspecified atom stereocenters. The average Bonchev–Trinajstić information content (AvgIpc) is 3.01. The Morgan fingerprint density at radius 1 is 0.326 bits per heavy atom. The van der Waals surface area contributed by atoms with Crippen LogP contribution in [0.4, 0.5) is 0 Å². The Balaban J connectivity index is 3.34. The molecule has 0 aliphatic heterocycles. The first kappa shape index (κ1) is 42.9. The van der Waals surface area contributed by atoms with Crippen LogP contribution < -0.4 is 0 Å². The molecule has 3 heteroatoms. The lowest BCUT2D eigenvalue weighted by atomic mass is 10.0. The van der Waals surface area contributed by atoms with Crippen molar-refractivity contribution in [3.8, 4) is 0 Å². The van der Waals surface area contributed by atoms with Gasteiger partial charge in [-0.25, -0.2) is 0 Å². The van der Waals surface area contributed by atoms with Gasteiger partial charge in [-0.2, -0.15) is 0 Å². The molecule has 3 nitrogen and oxygen atoms in total. The van der Waals surface area contributed by atoms with Crippen molar-refractivity contribution in [2.24, 2.45) is 0 Å². The number of methoxy groups -OCH3 is 1. The van der Waals surface area contributed by atoms with Gasteiger partial charge in [0.15, 0.2) is 0 Å². The SMILES string of the molecule is CCCCCCCCCCCCCCCCCCOCC(COC)OCCCCCCCCCCCCCCCCCC. The molecular weight excluding hydrogens is 528 g/mol. The summed E-state index contributed by atoms with van der Waals surface area (Å²) in [5.74, 6) is 0. The fourth-order valence-electron chi connectivity index (χ4n) is 6.20. The zero-order valence-electron chi connectivity index (χ0n) is 30.3. The second-order valence-electron chi connectivity index (χ2n) is 13.6. The molecule has 0 aromatic carbocycles. The van der Waals surface area contributed by atoms with Gasteiger partial charge in [0, 0.05) is 20.3 Å². The largest absolute Gasteiger partial charge is 0.382 e. The van der Waals surface area contributed by atoms with Crippen molar-refractivity contribution in [3.05, 3.63) is 0 Å². The van der Waals surface area contributed by atoms with E-state index in [1.165, 1.54) is 199 Å². The molecule has 0 bridgehead atoms. The van der Waals surface area contributed by atoms with Crippen LogP contribution in [0.1, 0.15) is 219 Å². The lowest BCUT2D eigenvalue weighted by Gasteiger charge is -2.17. The van der Waals surface area contributed by atoms with E-state index in [1.807, 2.05) is 0 Å². The number of rotatable bonds is 39. The number of hydrogen-bond acceptors (Lipinski definition) is 3. The molecule has 0 saturated heterocycles. The van der Waals surface area contributed by atoms with Crippen LogP contribution in [0.15, 0.2) is 0 Å². The first-order valence-corrected chi connectivity index (χ1v) is 20.0. The summed E-state index contributed by atoms with van der Waals surface area (Å²) in [5, 5.41) is 0. The van der Waals surface area contributed by atoms with E-state index in [0.717, 1.165) is 19.6 Å². The van der Waals surface area contributed by atoms with E-state index in [4.69, 9.17) is 14.2 Å². The van der Waals surface area contributed by atoms with Crippen LogP contribution in [0, 0.1) is 0 Å². The molecule has 0 radical (unpaired) electrons. The maximum absolute atomic E-state index is 6.08. The third-order valence-electron chi connectivity index (χ3n) is 9.15. The first-order chi connectivity index (χ1) is 21.3. The molecule has 1 atom stereocenters. The van der Waals surface area contributed by atoms with Crippen molar-refractivity contribution in [2.75, 3.05) is 33.5 Å². The van der Waals surface area contributed by atoms with Gasteiger partial charge in [-0.1, -0.05) is 206 Å². The molecule has 0 aliphatic carbocycles.